The molecular formula is C53H47N. The Morgan fingerprint density at radius 3 is 1.56 bits per heavy atom. The predicted octanol–water partition coefficient (Wildman–Crippen LogP) is 14.0. The third-order valence-electron chi connectivity index (χ3n) is 14.3. The zero-order chi connectivity index (χ0) is 36.0. The number of benzene rings is 7. The van der Waals surface area contributed by atoms with Gasteiger partial charge in [-0.25, -0.2) is 0 Å². The number of fused-ring (bicyclic) bond motifs is 3. The van der Waals surface area contributed by atoms with E-state index in [-0.39, 0.29) is 10.8 Å². The van der Waals surface area contributed by atoms with Gasteiger partial charge in [-0.1, -0.05) is 135 Å². The lowest BCUT2D eigenvalue weighted by molar-refractivity contribution is -0.0443. The first-order chi connectivity index (χ1) is 26.5. The maximum atomic E-state index is 2.65. The molecule has 0 radical (unpaired) electrons. The molecule has 0 unspecified atom stereocenters. The third kappa shape index (κ3) is 4.77. The minimum Gasteiger partial charge on any atom is -0.310 e. The predicted molar refractivity (Wildman–Crippen MR) is 226 cm³/mol. The molecule has 0 heterocycles. The molecule has 1 nitrogen and oxygen atoms in total. The summed E-state index contributed by atoms with van der Waals surface area (Å²) < 4.78 is 0. The number of anilines is 3. The summed E-state index contributed by atoms with van der Waals surface area (Å²) in [6, 6.07) is 61.7. The summed E-state index contributed by atoms with van der Waals surface area (Å²) in [5.41, 5.74) is 15.1. The molecule has 0 saturated heterocycles. The van der Waals surface area contributed by atoms with Crippen molar-refractivity contribution in [2.24, 2.45) is 23.7 Å². The van der Waals surface area contributed by atoms with Gasteiger partial charge in [0.15, 0.2) is 0 Å². The molecule has 7 aromatic carbocycles. The van der Waals surface area contributed by atoms with E-state index in [1.54, 1.807) is 22.3 Å². The van der Waals surface area contributed by atoms with Crippen molar-refractivity contribution in [1.29, 1.82) is 0 Å². The Bertz CT molecular complexity index is 2490. The minimum atomic E-state index is -0.0232. The van der Waals surface area contributed by atoms with Crippen molar-refractivity contribution < 1.29 is 0 Å². The third-order valence-corrected chi connectivity index (χ3v) is 14.3. The van der Waals surface area contributed by atoms with Gasteiger partial charge in [0.1, 0.15) is 0 Å². The number of nitrogens with zero attached hydrogens (tertiary/aromatic N) is 1. The van der Waals surface area contributed by atoms with E-state index < -0.39 is 0 Å². The number of hydrogen-bond acceptors (Lipinski definition) is 1. The van der Waals surface area contributed by atoms with Gasteiger partial charge in [-0.2, -0.15) is 0 Å². The maximum absolute atomic E-state index is 2.65. The van der Waals surface area contributed by atoms with Crippen molar-refractivity contribution >= 4 is 27.8 Å². The first-order valence-electron chi connectivity index (χ1n) is 20.3. The number of hydrogen-bond donors (Lipinski definition) is 0. The van der Waals surface area contributed by atoms with Gasteiger partial charge < -0.3 is 4.90 Å². The second kappa shape index (κ2) is 12.1. The van der Waals surface area contributed by atoms with Crippen molar-refractivity contribution in [2.45, 2.75) is 56.8 Å². The van der Waals surface area contributed by atoms with Gasteiger partial charge in [0, 0.05) is 27.9 Å². The summed E-state index contributed by atoms with van der Waals surface area (Å²) in [5.74, 6) is 3.34. The van der Waals surface area contributed by atoms with E-state index in [0.29, 0.717) is 0 Å². The van der Waals surface area contributed by atoms with Crippen molar-refractivity contribution in [3.8, 4) is 22.3 Å². The van der Waals surface area contributed by atoms with Gasteiger partial charge in [-0.15, -0.1) is 0 Å². The quantitative estimate of drug-likeness (QED) is 0.173. The molecule has 4 fully saturated rings. The average molecular weight is 698 g/mol. The second-order valence-electron chi connectivity index (χ2n) is 17.4. The molecule has 0 aliphatic heterocycles. The van der Waals surface area contributed by atoms with Crippen LogP contribution in [-0.4, -0.2) is 0 Å². The molecule has 0 amide bonds. The molecule has 12 rings (SSSR count). The first-order valence-corrected chi connectivity index (χ1v) is 20.3. The Morgan fingerprint density at radius 2 is 0.889 bits per heavy atom. The molecule has 7 aromatic rings. The van der Waals surface area contributed by atoms with Crippen molar-refractivity contribution in [2.75, 3.05) is 4.90 Å². The largest absolute Gasteiger partial charge is 0.310 e. The van der Waals surface area contributed by atoms with Gasteiger partial charge in [-0.3, -0.25) is 0 Å². The Morgan fingerprint density at radius 1 is 0.389 bits per heavy atom. The lowest BCUT2D eigenvalue weighted by Gasteiger charge is -2.64. The van der Waals surface area contributed by atoms with Gasteiger partial charge in [0.2, 0.25) is 0 Å². The van der Waals surface area contributed by atoms with Crippen molar-refractivity contribution in [3.63, 3.8) is 0 Å². The van der Waals surface area contributed by atoms with E-state index in [1.165, 1.54) is 65.1 Å². The molecular weight excluding hydrogens is 651 g/mol. The zero-order valence-electron chi connectivity index (χ0n) is 31.4. The summed E-state index contributed by atoms with van der Waals surface area (Å²) in [7, 11) is 0. The Hall–Kier alpha value is -5.40. The Labute approximate surface area is 320 Å². The molecule has 4 bridgehead atoms. The highest BCUT2D eigenvalue weighted by Gasteiger charge is 2.62. The fourth-order valence-corrected chi connectivity index (χ4v) is 12.1. The van der Waals surface area contributed by atoms with E-state index in [2.05, 4.69) is 183 Å². The Balaban J connectivity index is 1.01. The van der Waals surface area contributed by atoms with Crippen LogP contribution in [0.25, 0.3) is 33.0 Å². The summed E-state index contributed by atoms with van der Waals surface area (Å²) in [4.78, 5) is 2.40. The molecule has 5 aliphatic rings. The summed E-state index contributed by atoms with van der Waals surface area (Å²) in [5, 5.41) is 2.50. The highest BCUT2D eigenvalue weighted by atomic mass is 15.1. The van der Waals surface area contributed by atoms with Crippen LogP contribution < -0.4 is 4.90 Å². The van der Waals surface area contributed by atoms with Crippen LogP contribution in [0.5, 0.6) is 0 Å². The molecule has 0 aromatic heterocycles. The first kappa shape index (κ1) is 32.1. The molecule has 4 saturated carbocycles. The molecule has 1 heteroatoms. The fourth-order valence-electron chi connectivity index (χ4n) is 12.1. The van der Waals surface area contributed by atoms with Gasteiger partial charge in [0.05, 0.1) is 0 Å². The van der Waals surface area contributed by atoms with E-state index >= 15 is 0 Å². The van der Waals surface area contributed by atoms with Gasteiger partial charge >= 0.3 is 0 Å². The normalized spacial score (nSPS) is 24.3. The molecule has 1 spiro atoms. The van der Waals surface area contributed by atoms with Crippen molar-refractivity contribution in [3.05, 3.63) is 186 Å². The second-order valence-corrected chi connectivity index (χ2v) is 17.4. The standard InChI is InChI=1S/C53H47N/c1-52(2)48-14-8-9-15-50(48)53(43-29-35-28-36(31-43)32-44(53)30-35)51-34-42(21-27-49(51)52)40-18-24-46(25-19-40)54(47-26-20-38-12-6-7-13-41(38)33-47)45-22-16-39(17-23-45)37-10-4-3-5-11-37/h3-27,33-36,43-44H,28-32H2,1-2H3. The van der Waals surface area contributed by atoms with E-state index in [0.717, 1.165) is 40.7 Å². The molecule has 54 heavy (non-hydrogen) atoms. The lowest BCUT2D eigenvalue weighted by Crippen LogP contribution is -2.58. The summed E-state index contributed by atoms with van der Waals surface area (Å²) >= 11 is 0. The van der Waals surface area contributed by atoms with Crippen LogP contribution in [0.3, 0.4) is 0 Å². The molecule has 0 atom stereocenters. The smallest absolute Gasteiger partial charge is 0.0468 e. The summed E-state index contributed by atoms with van der Waals surface area (Å²) in [6.07, 6.45) is 7.07. The summed E-state index contributed by atoms with van der Waals surface area (Å²) in [6.45, 7) is 4.94. The van der Waals surface area contributed by atoms with E-state index in [1.807, 2.05) is 0 Å². The lowest BCUT2D eigenvalue weighted by atomic mass is 9.39. The van der Waals surface area contributed by atoms with Gasteiger partial charge in [-0.05, 0) is 154 Å². The van der Waals surface area contributed by atoms with E-state index in [9.17, 15) is 0 Å². The SMILES string of the molecule is CC1(C)c2ccccc2C2(c3cc(-c4ccc(N(c5ccc(-c6ccccc6)cc5)c5ccc6ccccc6c5)cc4)ccc31)C1CC3CC(C1)CC2C3. The zero-order valence-corrected chi connectivity index (χ0v) is 31.4. The maximum Gasteiger partial charge on any atom is 0.0468 e. The monoisotopic (exact) mass is 697 g/mol. The molecule has 264 valence electrons. The van der Waals surface area contributed by atoms with Crippen LogP contribution in [0.1, 0.15) is 68.2 Å². The van der Waals surface area contributed by atoms with Crippen LogP contribution in [0.15, 0.2) is 164 Å². The minimum absolute atomic E-state index is 0.0232. The topological polar surface area (TPSA) is 3.24 Å². The Kier molecular flexibility index (Phi) is 7.16. The average Bonchev–Trinajstić information content (AvgIpc) is 3.21. The highest BCUT2D eigenvalue weighted by molar-refractivity contribution is 5.89. The highest BCUT2D eigenvalue weighted by Crippen LogP contribution is 2.68. The van der Waals surface area contributed by atoms with Crippen LogP contribution in [0.2, 0.25) is 0 Å². The number of rotatable bonds is 5. The van der Waals surface area contributed by atoms with Gasteiger partial charge in [0.25, 0.3) is 0 Å². The van der Waals surface area contributed by atoms with Crippen LogP contribution in [0.4, 0.5) is 17.1 Å². The van der Waals surface area contributed by atoms with Crippen LogP contribution in [0, 0.1) is 23.7 Å². The molecule has 0 N–H and O–H groups in total. The molecule has 5 aliphatic carbocycles. The fraction of sp³-hybridized carbons (Fsp3) is 0.245. The van der Waals surface area contributed by atoms with E-state index in [4.69, 9.17) is 0 Å². The van der Waals surface area contributed by atoms with Crippen LogP contribution >= 0.6 is 0 Å². The van der Waals surface area contributed by atoms with Crippen LogP contribution in [-0.2, 0) is 10.8 Å². The van der Waals surface area contributed by atoms with Crippen molar-refractivity contribution in [1.82, 2.24) is 0 Å².